The van der Waals surface area contributed by atoms with E-state index >= 15 is 0 Å². The Balaban J connectivity index is 2.28. The molecule has 4 heteroatoms. The van der Waals surface area contributed by atoms with Gasteiger partial charge in [-0.05, 0) is 38.1 Å². The van der Waals surface area contributed by atoms with Gasteiger partial charge >= 0.3 is 0 Å². The first-order valence-electron chi connectivity index (χ1n) is 5.80. The third-order valence-electron chi connectivity index (χ3n) is 3.01. The van der Waals surface area contributed by atoms with Gasteiger partial charge in [0.1, 0.15) is 5.82 Å². The zero-order valence-electron chi connectivity index (χ0n) is 10.3. The summed E-state index contributed by atoms with van der Waals surface area (Å²) in [6.07, 6.45) is 1.89. The van der Waals surface area contributed by atoms with Crippen LogP contribution in [-0.4, -0.2) is 14.5 Å². The monoisotopic (exact) mass is 239 g/mol. The second-order valence-electron chi connectivity index (χ2n) is 4.37. The Morgan fingerprint density at radius 1 is 1.17 bits per heavy atom. The summed E-state index contributed by atoms with van der Waals surface area (Å²) in [4.78, 5) is 19.5. The molecule has 0 amide bonds. The van der Waals surface area contributed by atoms with Crippen molar-refractivity contribution >= 4 is 10.9 Å². The fourth-order valence-electron chi connectivity index (χ4n) is 2.23. The zero-order chi connectivity index (χ0) is 12.7. The predicted octanol–water partition coefficient (Wildman–Crippen LogP) is 2.33. The molecule has 0 atom stereocenters. The molecule has 0 saturated carbocycles. The van der Waals surface area contributed by atoms with Crippen molar-refractivity contribution in [2.24, 2.45) is 0 Å². The maximum atomic E-state index is 12.1. The Bertz CT molecular complexity index is 783. The Labute approximate surface area is 104 Å². The van der Waals surface area contributed by atoms with E-state index in [1.165, 1.54) is 0 Å². The number of hydrogen-bond acceptors (Lipinski definition) is 2. The standard InChI is InChI=1S/C14H13N3O/c1-9-7-14(18)17(10(2)16-9)12-3-4-13-11(8-12)5-6-15-13/h3-8,15H,1-2H3. The number of nitrogens with zero attached hydrogens (tertiary/aromatic N) is 2. The molecule has 0 radical (unpaired) electrons. The molecule has 3 rings (SSSR count). The molecule has 0 aliphatic heterocycles. The molecule has 90 valence electrons. The maximum Gasteiger partial charge on any atom is 0.258 e. The van der Waals surface area contributed by atoms with Crippen molar-refractivity contribution < 1.29 is 0 Å². The lowest BCUT2D eigenvalue weighted by Gasteiger charge is -2.09. The van der Waals surface area contributed by atoms with Crippen LogP contribution in [0.1, 0.15) is 11.5 Å². The van der Waals surface area contributed by atoms with E-state index < -0.39 is 0 Å². The molecule has 0 bridgehead atoms. The minimum Gasteiger partial charge on any atom is -0.361 e. The highest BCUT2D eigenvalue weighted by molar-refractivity contribution is 5.81. The lowest BCUT2D eigenvalue weighted by molar-refractivity contribution is 0.855. The molecule has 1 N–H and O–H groups in total. The van der Waals surface area contributed by atoms with Crippen LogP contribution < -0.4 is 5.56 Å². The third kappa shape index (κ3) is 1.62. The number of rotatable bonds is 1. The van der Waals surface area contributed by atoms with Gasteiger partial charge in [-0.2, -0.15) is 0 Å². The van der Waals surface area contributed by atoms with Gasteiger partial charge in [-0.25, -0.2) is 4.98 Å². The minimum atomic E-state index is -0.0464. The molecular formula is C14H13N3O. The van der Waals surface area contributed by atoms with Crippen LogP contribution in [0.5, 0.6) is 0 Å². The maximum absolute atomic E-state index is 12.1. The van der Waals surface area contributed by atoms with Crippen LogP contribution in [0.2, 0.25) is 0 Å². The third-order valence-corrected chi connectivity index (χ3v) is 3.01. The summed E-state index contributed by atoms with van der Waals surface area (Å²) in [5, 5.41) is 1.08. The molecular weight excluding hydrogens is 226 g/mol. The summed E-state index contributed by atoms with van der Waals surface area (Å²) in [5.74, 6) is 0.704. The van der Waals surface area contributed by atoms with Crippen LogP contribution in [0.4, 0.5) is 0 Å². The summed E-state index contributed by atoms with van der Waals surface area (Å²) < 4.78 is 1.62. The Morgan fingerprint density at radius 2 is 2.00 bits per heavy atom. The highest BCUT2D eigenvalue weighted by Gasteiger charge is 2.06. The van der Waals surface area contributed by atoms with E-state index in [0.29, 0.717) is 5.82 Å². The molecule has 0 unspecified atom stereocenters. The molecule has 2 heterocycles. The molecule has 0 saturated heterocycles. The second-order valence-corrected chi connectivity index (χ2v) is 4.37. The van der Waals surface area contributed by atoms with Crippen LogP contribution in [0.25, 0.3) is 16.6 Å². The van der Waals surface area contributed by atoms with Gasteiger partial charge in [0.2, 0.25) is 0 Å². The molecule has 0 spiro atoms. The number of fused-ring (bicyclic) bond motifs is 1. The molecule has 18 heavy (non-hydrogen) atoms. The summed E-state index contributed by atoms with van der Waals surface area (Å²) in [6.45, 7) is 3.67. The smallest absolute Gasteiger partial charge is 0.258 e. The van der Waals surface area contributed by atoms with Crippen LogP contribution >= 0.6 is 0 Å². The summed E-state index contributed by atoms with van der Waals surface area (Å²) in [6, 6.07) is 9.41. The highest BCUT2D eigenvalue weighted by Crippen LogP contribution is 2.17. The van der Waals surface area contributed by atoms with Crippen LogP contribution in [0.15, 0.2) is 41.3 Å². The number of benzene rings is 1. The van der Waals surface area contributed by atoms with E-state index in [0.717, 1.165) is 22.3 Å². The first-order chi connectivity index (χ1) is 8.65. The largest absolute Gasteiger partial charge is 0.361 e. The quantitative estimate of drug-likeness (QED) is 0.708. The molecule has 4 nitrogen and oxygen atoms in total. The van der Waals surface area contributed by atoms with Gasteiger partial charge in [0.25, 0.3) is 5.56 Å². The molecule has 0 fully saturated rings. The Kier molecular flexibility index (Phi) is 2.30. The molecule has 2 aromatic heterocycles. The van der Waals surface area contributed by atoms with Gasteiger partial charge < -0.3 is 4.98 Å². The SMILES string of the molecule is Cc1cc(=O)n(-c2ccc3[nH]ccc3c2)c(C)n1. The van der Waals surface area contributed by atoms with Crippen LogP contribution in [-0.2, 0) is 0 Å². The molecule has 0 aliphatic carbocycles. The lowest BCUT2D eigenvalue weighted by Crippen LogP contribution is -2.21. The second kappa shape index (κ2) is 3.84. The zero-order valence-corrected chi connectivity index (χ0v) is 10.3. The molecule has 1 aromatic carbocycles. The summed E-state index contributed by atoms with van der Waals surface area (Å²) in [5.41, 5.74) is 2.60. The van der Waals surface area contributed by atoms with Crippen molar-refractivity contribution in [2.45, 2.75) is 13.8 Å². The normalized spacial score (nSPS) is 11.0. The van der Waals surface area contributed by atoms with Crippen molar-refractivity contribution in [3.63, 3.8) is 0 Å². The van der Waals surface area contributed by atoms with Crippen molar-refractivity contribution in [1.29, 1.82) is 0 Å². The number of hydrogen-bond donors (Lipinski definition) is 1. The summed E-state index contributed by atoms with van der Waals surface area (Å²) >= 11 is 0. The van der Waals surface area contributed by atoms with Crippen molar-refractivity contribution in [3.05, 3.63) is 58.4 Å². The summed E-state index contributed by atoms with van der Waals surface area (Å²) in [7, 11) is 0. The van der Waals surface area contributed by atoms with Crippen molar-refractivity contribution in [1.82, 2.24) is 14.5 Å². The van der Waals surface area contributed by atoms with Gasteiger partial charge in [0.05, 0.1) is 5.69 Å². The van der Waals surface area contributed by atoms with Crippen molar-refractivity contribution in [3.8, 4) is 5.69 Å². The predicted molar refractivity (Wildman–Crippen MR) is 71.2 cm³/mol. The van der Waals surface area contributed by atoms with E-state index in [1.54, 1.807) is 10.6 Å². The average Bonchev–Trinajstić information content (AvgIpc) is 2.74. The Morgan fingerprint density at radius 3 is 2.78 bits per heavy atom. The average molecular weight is 239 g/mol. The van der Waals surface area contributed by atoms with E-state index in [4.69, 9.17) is 0 Å². The van der Waals surface area contributed by atoms with E-state index in [1.807, 2.05) is 44.3 Å². The number of H-pyrrole nitrogens is 1. The fraction of sp³-hybridized carbons (Fsp3) is 0.143. The number of nitrogens with one attached hydrogen (secondary N) is 1. The van der Waals surface area contributed by atoms with Crippen LogP contribution in [0.3, 0.4) is 0 Å². The van der Waals surface area contributed by atoms with Gasteiger partial charge in [0, 0.05) is 28.9 Å². The van der Waals surface area contributed by atoms with Gasteiger partial charge in [-0.15, -0.1) is 0 Å². The number of aryl methyl sites for hydroxylation is 2. The molecule has 0 aliphatic rings. The Hall–Kier alpha value is -2.36. The van der Waals surface area contributed by atoms with Gasteiger partial charge in [0.15, 0.2) is 0 Å². The van der Waals surface area contributed by atoms with E-state index in [9.17, 15) is 4.79 Å². The van der Waals surface area contributed by atoms with Crippen molar-refractivity contribution in [2.75, 3.05) is 0 Å². The van der Waals surface area contributed by atoms with Gasteiger partial charge in [-0.3, -0.25) is 9.36 Å². The number of aromatic nitrogens is 3. The molecule has 3 aromatic rings. The number of aromatic amines is 1. The van der Waals surface area contributed by atoms with E-state index in [-0.39, 0.29) is 5.56 Å². The highest BCUT2D eigenvalue weighted by atomic mass is 16.1. The topological polar surface area (TPSA) is 50.7 Å². The van der Waals surface area contributed by atoms with Gasteiger partial charge in [-0.1, -0.05) is 0 Å². The van der Waals surface area contributed by atoms with Crippen LogP contribution in [0, 0.1) is 13.8 Å². The van der Waals surface area contributed by atoms with E-state index in [2.05, 4.69) is 9.97 Å². The fourth-order valence-corrected chi connectivity index (χ4v) is 2.23. The minimum absolute atomic E-state index is 0.0464. The first-order valence-corrected chi connectivity index (χ1v) is 5.80. The lowest BCUT2D eigenvalue weighted by atomic mass is 10.2. The first kappa shape index (κ1) is 10.8.